The van der Waals surface area contributed by atoms with Gasteiger partial charge in [-0.3, -0.25) is 9.59 Å². The summed E-state index contributed by atoms with van der Waals surface area (Å²) in [4.78, 5) is 28.4. The monoisotopic (exact) mass is 368 g/mol. The molecule has 3 heterocycles. The molecule has 0 unspecified atom stereocenters. The second-order valence-corrected chi connectivity index (χ2v) is 6.57. The second-order valence-electron chi connectivity index (χ2n) is 6.57. The summed E-state index contributed by atoms with van der Waals surface area (Å²) in [7, 11) is 0. The summed E-state index contributed by atoms with van der Waals surface area (Å²) in [6.07, 6.45) is -3.01. The van der Waals surface area contributed by atoms with Crippen LogP contribution in [0.1, 0.15) is 34.5 Å². The highest BCUT2D eigenvalue weighted by atomic mass is 19.4. The summed E-state index contributed by atoms with van der Waals surface area (Å²) in [5, 5.41) is 4.16. The Morgan fingerprint density at radius 3 is 2.46 bits per heavy atom. The third kappa shape index (κ3) is 3.51. The van der Waals surface area contributed by atoms with E-state index in [9.17, 15) is 22.8 Å². The van der Waals surface area contributed by atoms with Crippen LogP contribution in [0.25, 0.3) is 5.82 Å². The number of halogens is 3. The minimum atomic E-state index is -4.22. The number of piperidine rings is 1. The van der Waals surface area contributed by atoms with Crippen molar-refractivity contribution in [1.82, 2.24) is 19.7 Å². The first kappa shape index (κ1) is 18.2. The zero-order valence-corrected chi connectivity index (χ0v) is 14.4. The molecule has 140 valence electrons. The number of H-pyrrole nitrogens is 1. The molecule has 26 heavy (non-hydrogen) atoms. The standard InChI is InChI=1S/C17H19F3N4O2/c1-10-7-14(22-15(25)8-10)24-11(2)13(9-21-24)16(26)23-5-3-12(4-6-23)17(18,19)20/h7-9,12H,3-6H2,1-2H3,(H,22,25). The SMILES string of the molecule is Cc1cc(-n2ncc(C(=O)N3CCC(C(F)(F)F)CC3)c2C)[nH]c(=O)c1. The molecule has 0 bridgehead atoms. The summed E-state index contributed by atoms with van der Waals surface area (Å²) in [5.74, 6) is -1.26. The number of aromatic amines is 1. The number of hydrogen-bond acceptors (Lipinski definition) is 3. The first-order valence-corrected chi connectivity index (χ1v) is 8.29. The largest absolute Gasteiger partial charge is 0.391 e. The first-order valence-electron chi connectivity index (χ1n) is 8.29. The molecule has 1 aliphatic rings. The van der Waals surface area contributed by atoms with Gasteiger partial charge in [0.15, 0.2) is 0 Å². The van der Waals surface area contributed by atoms with Gasteiger partial charge in [-0.15, -0.1) is 0 Å². The van der Waals surface area contributed by atoms with E-state index < -0.39 is 12.1 Å². The number of amides is 1. The molecule has 0 spiro atoms. The van der Waals surface area contributed by atoms with Crippen LogP contribution in [0.15, 0.2) is 23.1 Å². The van der Waals surface area contributed by atoms with Crippen LogP contribution in [-0.4, -0.2) is 44.8 Å². The number of carbonyl (C=O) groups is 1. The van der Waals surface area contributed by atoms with Crippen molar-refractivity contribution in [3.8, 4) is 5.82 Å². The number of rotatable bonds is 2. The lowest BCUT2D eigenvalue weighted by Gasteiger charge is -2.32. The highest BCUT2D eigenvalue weighted by Crippen LogP contribution is 2.34. The lowest BCUT2D eigenvalue weighted by molar-refractivity contribution is -0.183. The highest BCUT2D eigenvalue weighted by molar-refractivity contribution is 5.95. The van der Waals surface area contributed by atoms with E-state index in [2.05, 4.69) is 10.1 Å². The van der Waals surface area contributed by atoms with Crippen LogP contribution in [0.5, 0.6) is 0 Å². The Kier molecular flexibility index (Phi) is 4.64. The Morgan fingerprint density at radius 2 is 1.88 bits per heavy atom. The predicted molar refractivity (Wildman–Crippen MR) is 88.3 cm³/mol. The molecule has 1 saturated heterocycles. The smallest absolute Gasteiger partial charge is 0.339 e. The fourth-order valence-corrected chi connectivity index (χ4v) is 3.22. The molecule has 0 aromatic carbocycles. The Balaban J connectivity index is 1.80. The number of carbonyl (C=O) groups excluding carboxylic acids is 1. The molecule has 2 aromatic rings. The minimum absolute atomic E-state index is 0.0644. The molecule has 1 amide bonds. The number of hydrogen-bond donors (Lipinski definition) is 1. The number of likely N-dealkylation sites (tertiary alicyclic amines) is 1. The third-order valence-corrected chi connectivity index (χ3v) is 4.69. The van der Waals surface area contributed by atoms with Gasteiger partial charge in [0.05, 0.1) is 23.4 Å². The van der Waals surface area contributed by atoms with Crippen molar-refractivity contribution in [1.29, 1.82) is 0 Å². The Morgan fingerprint density at radius 1 is 1.23 bits per heavy atom. The van der Waals surface area contributed by atoms with Crippen molar-refractivity contribution < 1.29 is 18.0 Å². The van der Waals surface area contributed by atoms with Gasteiger partial charge in [-0.05, 0) is 38.3 Å². The number of nitrogens with one attached hydrogen (secondary N) is 1. The first-order chi connectivity index (χ1) is 12.2. The molecule has 1 aliphatic heterocycles. The van der Waals surface area contributed by atoms with Crippen LogP contribution in [0, 0.1) is 19.8 Å². The predicted octanol–water partition coefficient (Wildman–Crippen LogP) is 2.59. The number of aryl methyl sites for hydroxylation is 1. The van der Waals surface area contributed by atoms with Gasteiger partial charge < -0.3 is 9.88 Å². The van der Waals surface area contributed by atoms with Crippen LogP contribution in [0.2, 0.25) is 0 Å². The van der Waals surface area contributed by atoms with Crippen LogP contribution in [-0.2, 0) is 0 Å². The van der Waals surface area contributed by atoms with E-state index in [1.807, 2.05) is 0 Å². The van der Waals surface area contributed by atoms with Gasteiger partial charge >= 0.3 is 6.18 Å². The molecular weight excluding hydrogens is 349 g/mol. The normalized spacial score (nSPS) is 16.1. The van der Waals surface area contributed by atoms with E-state index >= 15 is 0 Å². The van der Waals surface area contributed by atoms with Gasteiger partial charge in [-0.25, -0.2) is 4.68 Å². The fourth-order valence-electron chi connectivity index (χ4n) is 3.22. The number of pyridine rings is 1. The summed E-state index contributed by atoms with van der Waals surface area (Å²) < 4.78 is 39.7. The molecule has 1 fully saturated rings. The molecule has 9 heteroatoms. The van der Waals surface area contributed by atoms with Crippen molar-refractivity contribution in [2.45, 2.75) is 32.9 Å². The number of alkyl halides is 3. The van der Waals surface area contributed by atoms with E-state index in [0.717, 1.165) is 5.56 Å². The molecule has 0 saturated carbocycles. The van der Waals surface area contributed by atoms with Crippen molar-refractivity contribution in [3.05, 3.63) is 45.5 Å². The second kappa shape index (κ2) is 6.62. The van der Waals surface area contributed by atoms with Crippen molar-refractivity contribution >= 4 is 5.91 Å². The Bertz CT molecular complexity index is 877. The average Bonchev–Trinajstić information content (AvgIpc) is 2.94. The van der Waals surface area contributed by atoms with E-state index in [1.165, 1.54) is 21.8 Å². The molecule has 3 rings (SSSR count). The maximum Gasteiger partial charge on any atom is 0.391 e. The van der Waals surface area contributed by atoms with E-state index in [0.29, 0.717) is 17.1 Å². The fraction of sp³-hybridized carbons (Fsp3) is 0.471. The van der Waals surface area contributed by atoms with Crippen molar-refractivity contribution in [3.63, 3.8) is 0 Å². The molecule has 0 aliphatic carbocycles. The van der Waals surface area contributed by atoms with Gasteiger partial charge in [-0.1, -0.05) is 0 Å². The Labute approximate surface area is 147 Å². The quantitative estimate of drug-likeness (QED) is 0.886. The van der Waals surface area contributed by atoms with E-state index in [1.54, 1.807) is 19.9 Å². The Hall–Kier alpha value is -2.58. The minimum Gasteiger partial charge on any atom is -0.339 e. The van der Waals surface area contributed by atoms with Gasteiger partial charge in [0, 0.05) is 19.2 Å². The van der Waals surface area contributed by atoms with Crippen LogP contribution >= 0.6 is 0 Å². The van der Waals surface area contributed by atoms with Crippen molar-refractivity contribution in [2.75, 3.05) is 13.1 Å². The summed E-state index contributed by atoms with van der Waals surface area (Å²) in [6.45, 7) is 3.58. The number of nitrogens with zero attached hydrogens (tertiary/aromatic N) is 3. The maximum atomic E-state index is 12.8. The average molecular weight is 368 g/mol. The third-order valence-electron chi connectivity index (χ3n) is 4.69. The molecule has 6 nitrogen and oxygen atoms in total. The van der Waals surface area contributed by atoms with Gasteiger partial charge in [0.2, 0.25) is 5.56 Å². The highest BCUT2D eigenvalue weighted by Gasteiger charge is 2.42. The zero-order chi connectivity index (χ0) is 19.1. The summed E-state index contributed by atoms with van der Waals surface area (Å²) in [5.41, 5.74) is 1.31. The molecule has 0 radical (unpaired) electrons. The van der Waals surface area contributed by atoms with Crippen molar-refractivity contribution in [2.24, 2.45) is 5.92 Å². The maximum absolute atomic E-state index is 12.8. The molecular formula is C17H19F3N4O2. The van der Waals surface area contributed by atoms with E-state index in [-0.39, 0.29) is 37.4 Å². The zero-order valence-electron chi connectivity index (χ0n) is 14.4. The molecule has 0 atom stereocenters. The summed E-state index contributed by atoms with van der Waals surface area (Å²) in [6, 6.07) is 3.17. The lowest BCUT2D eigenvalue weighted by atomic mass is 9.96. The lowest BCUT2D eigenvalue weighted by Crippen LogP contribution is -2.42. The summed E-state index contributed by atoms with van der Waals surface area (Å²) >= 11 is 0. The topological polar surface area (TPSA) is 71.0 Å². The molecule has 2 aromatic heterocycles. The molecule has 1 N–H and O–H groups in total. The van der Waals surface area contributed by atoms with Gasteiger partial charge in [0.1, 0.15) is 5.82 Å². The van der Waals surface area contributed by atoms with Gasteiger partial charge in [-0.2, -0.15) is 18.3 Å². The van der Waals surface area contributed by atoms with Crippen LogP contribution in [0.4, 0.5) is 13.2 Å². The number of aromatic nitrogens is 3. The van der Waals surface area contributed by atoms with Crippen LogP contribution < -0.4 is 5.56 Å². The van der Waals surface area contributed by atoms with Crippen LogP contribution in [0.3, 0.4) is 0 Å². The van der Waals surface area contributed by atoms with Gasteiger partial charge in [0.25, 0.3) is 5.91 Å². The van der Waals surface area contributed by atoms with E-state index in [4.69, 9.17) is 0 Å².